The van der Waals surface area contributed by atoms with E-state index < -0.39 is 23.3 Å². The fourth-order valence-electron chi connectivity index (χ4n) is 3.53. The number of benzene rings is 3. The van der Waals surface area contributed by atoms with Crippen molar-refractivity contribution in [3.63, 3.8) is 0 Å². The molecule has 7 nitrogen and oxygen atoms in total. The molecule has 4 aromatic rings. The van der Waals surface area contributed by atoms with Crippen LogP contribution < -0.4 is 0 Å². The maximum absolute atomic E-state index is 13.1. The number of non-ortho nitro benzene ring substituents is 1. The second kappa shape index (κ2) is 8.77. The van der Waals surface area contributed by atoms with Gasteiger partial charge in [-0.25, -0.2) is 9.78 Å². The average molecular weight is 426 g/mol. The van der Waals surface area contributed by atoms with Crippen molar-refractivity contribution in [3.05, 3.63) is 106 Å². The second-order valence-corrected chi connectivity index (χ2v) is 7.15. The van der Waals surface area contributed by atoms with Crippen LogP contribution in [0.3, 0.4) is 0 Å². The molecule has 0 saturated carbocycles. The first-order chi connectivity index (χ1) is 15.5. The Labute approximate surface area is 183 Å². The summed E-state index contributed by atoms with van der Waals surface area (Å²) < 4.78 is 5.34. The zero-order chi connectivity index (χ0) is 22.7. The molecule has 1 aromatic heterocycles. The van der Waals surface area contributed by atoms with Crippen LogP contribution in [0.2, 0.25) is 0 Å². The lowest BCUT2D eigenvalue weighted by Crippen LogP contribution is -2.16. The molecule has 0 radical (unpaired) electrons. The molecule has 0 bridgehead atoms. The molecule has 32 heavy (non-hydrogen) atoms. The van der Waals surface area contributed by atoms with Crippen molar-refractivity contribution in [2.75, 3.05) is 6.61 Å². The largest absolute Gasteiger partial charge is 0.454 e. The van der Waals surface area contributed by atoms with Gasteiger partial charge in [-0.1, -0.05) is 60.7 Å². The van der Waals surface area contributed by atoms with Crippen molar-refractivity contribution >= 4 is 28.3 Å². The van der Waals surface area contributed by atoms with E-state index in [9.17, 15) is 19.7 Å². The summed E-state index contributed by atoms with van der Waals surface area (Å²) >= 11 is 0. The van der Waals surface area contributed by atoms with E-state index in [2.05, 4.69) is 0 Å². The predicted octanol–water partition coefficient (Wildman–Crippen LogP) is 5.16. The summed E-state index contributed by atoms with van der Waals surface area (Å²) in [5.41, 5.74) is 3.02. The molecule has 0 atom stereocenters. The number of para-hydroxylation sites is 1. The number of rotatable bonds is 6. The number of esters is 1. The Bertz CT molecular complexity index is 1350. The van der Waals surface area contributed by atoms with Gasteiger partial charge in [-0.2, -0.15) is 0 Å². The minimum absolute atomic E-state index is 0.105. The van der Waals surface area contributed by atoms with Crippen LogP contribution in [0.1, 0.15) is 26.3 Å². The van der Waals surface area contributed by atoms with Gasteiger partial charge in [0.1, 0.15) is 0 Å². The van der Waals surface area contributed by atoms with Gasteiger partial charge in [0.2, 0.25) is 5.78 Å². The first-order valence-electron chi connectivity index (χ1n) is 9.85. The summed E-state index contributed by atoms with van der Waals surface area (Å²) in [7, 11) is 0. The van der Waals surface area contributed by atoms with Crippen LogP contribution in [0.15, 0.2) is 78.9 Å². The van der Waals surface area contributed by atoms with Gasteiger partial charge in [-0.05, 0) is 18.6 Å². The molecule has 3 aromatic carbocycles. The summed E-state index contributed by atoms with van der Waals surface area (Å²) in [4.78, 5) is 40.6. The molecule has 0 N–H and O–H groups in total. The summed E-state index contributed by atoms with van der Waals surface area (Å²) in [5.74, 6) is -1.18. The van der Waals surface area contributed by atoms with Crippen LogP contribution in [0.25, 0.3) is 22.2 Å². The Morgan fingerprint density at radius 2 is 1.69 bits per heavy atom. The molecular formula is C25H18N2O5. The van der Waals surface area contributed by atoms with E-state index in [4.69, 9.17) is 9.72 Å². The van der Waals surface area contributed by atoms with Crippen molar-refractivity contribution in [2.45, 2.75) is 6.92 Å². The van der Waals surface area contributed by atoms with Gasteiger partial charge in [-0.15, -0.1) is 0 Å². The number of hydrogen-bond donors (Lipinski definition) is 0. The number of carbonyl (C=O) groups is 2. The van der Waals surface area contributed by atoms with Crippen molar-refractivity contribution in [3.8, 4) is 11.3 Å². The van der Waals surface area contributed by atoms with Gasteiger partial charge < -0.3 is 4.74 Å². The Morgan fingerprint density at radius 1 is 0.969 bits per heavy atom. The highest BCUT2D eigenvalue weighted by molar-refractivity contribution is 6.07. The molecule has 1 heterocycles. The first kappa shape index (κ1) is 20.9. The van der Waals surface area contributed by atoms with Crippen molar-refractivity contribution in [1.82, 2.24) is 4.98 Å². The number of nitrogens with zero attached hydrogens (tertiary/aromatic N) is 2. The first-order valence-corrected chi connectivity index (χ1v) is 9.85. The van der Waals surface area contributed by atoms with Gasteiger partial charge in [0.25, 0.3) is 5.69 Å². The predicted molar refractivity (Wildman–Crippen MR) is 120 cm³/mol. The van der Waals surface area contributed by atoms with Gasteiger partial charge in [-0.3, -0.25) is 14.9 Å². The van der Waals surface area contributed by atoms with Gasteiger partial charge in [0.15, 0.2) is 6.61 Å². The SMILES string of the molecule is Cc1c(-c2ccccc2)nc2ccccc2c1C(=O)OCC(=O)c1cccc([N+](=O)[O-])c1. The van der Waals surface area contributed by atoms with Crippen LogP contribution in [0.4, 0.5) is 5.69 Å². The number of fused-ring (bicyclic) bond motifs is 1. The molecule has 0 amide bonds. The Kier molecular flexibility index (Phi) is 5.72. The Hall–Kier alpha value is -4.39. The zero-order valence-corrected chi connectivity index (χ0v) is 17.1. The quantitative estimate of drug-likeness (QED) is 0.183. The van der Waals surface area contributed by atoms with E-state index in [1.165, 1.54) is 18.2 Å². The summed E-state index contributed by atoms with van der Waals surface area (Å²) in [6.07, 6.45) is 0. The van der Waals surface area contributed by atoms with Gasteiger partial charge >= 0.3 is 5.97 Å². The van der Waals surface area contributed by atoms with Crippen LogP contribution in [0, 0.1) is 17.0 Å². The molecule has 4 rings (SSSR count). The lowest BCUT2D eigenvalue weighted by Gasteiger charge is -2.14. The molecule has 7 heteroatoms. The van der Waals surface area contributed by atoms with Crippen molar-refractivity contribution in [1.29, 1.82) is 0 Å². The van der Waals surface area contributed by atoms with E-state index in [0.717, 1.165) is 11.6 Å². The van der Waals surface area contributed by atoms with E-state index in [0.29, 0.717) is 27.7 Å². The van der Waals surface area contributed by atoms with Crippen LogP contribution in [-0.2, 0) is 4.74 Å². The number of hydrogen-bond acceptors (Lipinski definition) is 6. The smallest absolute Gasteiger partial charge is 0.339 e. The lowest BCUT2D eigenvalue weighted by molar-refractivity contribution is -0.384. The molecule has 0 unspecified atom stereocenters. The monoisotopic (exact) mass is 426 g/mol. The summed E-state index contributed by atoms with van der Waals surface area (Å²) in [5, 5.41) is 11.6. The van der Waals surface area contributed by atoms with Crippen LogP contribution in [-0.4, -0.2) is 28.3 Å². The Morgan fingerprint density at radius 3 is 2.44 bits per heavy atom. The number of Topliss-reactive ketones (excluding diaryl/α,β-unsaturated/α-hetero) is 1. The third kappa shape index (κ3) is 4.09. The highest BCUT2D eigenvalue weighted by Gasteiger charge is 2.21. The van der Waals surface area contributed by atoms with Crippen LogP contribution in [0.5, 0.6) is 0 Å². The normalized spacial score (nSPS) is 10.7. The van der Waals surface area contributed by atoms with Crippen molar-refractivity contribution < 1.29 is 19.2 Å². The Balaban J connectivity index is 1.66. The highest BCUT2D eigenvalue weighted by atomic mass is 16.6. The van der Waals surface area contributed by atoms with E-state index in [-0.39, 0.29) is 11.3 Å². The second-order valence-electron chi connectivity index (χ2n) is 7.15. The fraction of sp³-hybridized carbons (Fsp3) is 0.0800. The molecule has 0 spiro atoms. The van der Waals surface area contributed by atoms with Crippen molar-refractivity contribution in [2.24, 2.45) is 0 Å². The number of ketones is 1. The van der Waals surface area contributed by atoms with Gasteiger partial charge in [0, 0.05) is 28.6 Å². The molecule has 0 saturated heterocycles. The number of ether oxygens (including phenoxy) is 1. The zero-order valence-electron chi connectivity index (χ0n) is 17.1. The number of aromatic nitrogens is 1. The number of nitro groups is 1. The molecular weight excluding hydrogens is 408 g/mol. The van der Waals surface area contributed by atoms with Gasteiger partial charge in [0.05, 0.1) is 21.7 Å². The summed E-state index contributed by atoms with van der Waals surface area (Å²) in [6, 6.07) is 22.0. The minimum Gasteiger partial charge on any atom is -0.454 e. The number of carbonyl (C=O) groups excluding carboxylic acids is 2. The van der Waals surface area contributed by atoms with E-state index >= 15 is 0 Å². The topological polar surface area (TPSA) is 99.4 Å². The standard InChI is InChI=1S/C25H18N2O5/c1-16-23(25(29)32-15-22(28)18-10-7-11-19(14-18)27(30)31)20-12-5-6-13-21(20)26-24(16)17-8-3-2-4-9-17/h2-14H,15H2,1H3. The molecule has 0 aliphatic carbocycles. The number of nitro benzene ring substituents is 1. The molecule has 158 valence electrons. The maximum Gasteiger partial charge on any atom is 0.339 e. The highest BCUT2D eigenvalue weighted by Crippen LogP contribution is 2.30. The number of pyridine rings is 1. The van der Waals surface area contributed by atoms with E-state index in [1.807, 2.05) is 42.5 Å². The summed E-state index contributed by atoms with van der Waals surface area (Å²) in [6.45, 7) is 1.26. The van der Waals surface area contributed by atoms with Crippen LogP contribution >= 0.6 is 0 Å². The maximum atomic E-state index is 13.1. The third-order valence-corrected chi connectivity index (χ3v) is 5.10. The third-order valence-electron chi connectivity index (χ3n) is 5.10. The lowest BCUT2D eigenvalue weighted by atomic mass is 9.98. The molecule has 0 aliphatic heterocycles. The average Bonchev–Trinajstić information content (AvgIpc) is 2.82. The fourth-order valence-corrected chi connectivity index (χ4v) is 3.53. The molecule has 0 aliphatic rings. The molecule has 0 fully saturated rings. The minimum atomic E-state index is -0.655. The van der Waals surface area contributed by atoms with E-state index in [1.54, 1.807) is 19.1 Å².